The van der Waals surface area contributed by atoms with Crippen molar-refractivity contribution in [2.75, 3.05) is 25.6 Å². The Bertz CT molecular complexity index is 931. The molecule has 0 atom stereocenters. The van der Waals surface area contributed by atoms with Crippen molar-refractivity contribution >= 4 is 29.9 Å². The van der Waals surface area contributed by atoms with Crippen molar-refractivity contribution in [1.82, 2.24) is 15.5 Å². The molecule has 1 aliphatic rings. The van der Waals surface area contributed by atoms with Crippen LogP contribution in [0, 0.1) is 6.92 Å². The van der Waals surface area contributed by atoms with Crippen LogP contribution < -0.4 is 10.6 Å². The Morgan fingerprint density at radius 3 is 2.59 bits per heavy atom. The maximum absolute atomic E-state index is 5.99. The smallest absolute Gasteiger partial charge is 0.154 e. The highest BCUT2D eigenvalue weighted by Crippen LogP contribution is 2.19. The number of nitrogens with zero attached hydrogens (tertiary/aromatic N) is 4. The van der Waals surface area contributed by atoms with Crippen molar-refractivity contribution in [3.63, 3.8) is 0 Å². The second-order valence-electron chi connectivity index (χ2n) is 8.24. The zero-order valence-corrected chi connectivity index (χ0v) is 21.5. The molecule has 1 heterocycles. The molecule has 6 nitrogen and oxygen atoms in total. The average molecular weight is 483 g/mol. The molecular formula is C27H39ClN6. The maximum Gasteiger partial charge on any atom is 0.154 e. The normalized spacial score (nSPS) is 13.5. The molecule has 1 aromatic rings. The van der Waals surface area contributed by atoms with E-state index in [9.17, 15) is 0 Å². The van der Waals surface area contributed by atoms with Crippen LogP contribution in [0.25, 0.3) is 0 Å². The molecule has 2 rings (SSSR count). The zero-order valence-electron chi connectivity index (χ0n) is 20.7. The lowest BCUT2D eigenvalue weighted by atomic mass is 10.0. The second kappa shape index (κ2) is 15.1. The first-order valence-electron chi connectivity index (χ1n) is 12.0. The third-order valence-electron chi connectivity index (χ3n) is 5.79. The molecule has 1 aliphatic heterocycles. The topological polar surface area (TPSA) is 64.4 Å². The molecule has 34 heavy (non-hydrogen) atoms. The Hall–Kier alpha value is -2.86. The Morgan fingerprint density at radius 1 is 1.21 bits per heavy atom. The van der Waals surface area contributed by atoms with E-state index < -0.39 is 0 Å². The average Bonchev–Trinajstić information content (AvgIpc) is 3.31. The minimum Gasteiger partial charge on any atom is -0.370 e. The number of aryl methyl sites for hydroxylation is 1. The van der Waals surface area contributed by atoms with Crippen LogP contribution in [-0.2, 0) is 0 Å². The molecule has 7 heteroatoms. The maximum atomic E-state index is 5.99. The minimum absolute atomic E-state index is 0.246. The first-order valence-corrected chi connectivity index (χ1v) is 12.6. The molecule has 0 bridgehead atoms. The third-order valence-corrected chi connectivity index (χ3v) is 5.92. The van der Waals surface area contributed by atoms with Crippen molar-refractivity contribution in [2.24, 2.45) is 15.0 Å². The quantitative estimate of drug-likeness (QED) is 0.0974. The van der Waals surface area contributed by atoms with Gasteiger partial charge in [-0.25, -0.2) is 9.98 Å². The van der Waals surface area contributed by atoms with Crippen molar-refractivity contribution < 1.29 is 0 Å². The number of alkyl halides is 1. The highest BCUT2D eigenvalue weighted by Gasteiger charge is 2.17. The van der Waals surface area contributed by atoms with E-state index in [0.29, 0.717) is 12.4 Å². The van der Waals surface area contributed by atoms with E-state index in [0.717, 1.165) is 61.7 Å². The van der Waals surface area contributed by atoms with E-state index in [1.54, 1.807) is 6.20 Å². The molecule has 0 fully saturated rings. The van der Waals surface area contributed by atoms with Gasteiger partial charge in [-0.3, -0.25) is 4.99 Å². The predicted octanol–water partition coefficient (Wildman–Crippen LogP) is 5.76. The fraction of sp³-hybridized carbons (Fsp3) is 0.444. The van der Waals surface area contributed by atoms with Crippen LogP contribution in [-0.4, -0.2) is 48.8 Å². The van der Waals surface area contributed by atoms with Crippen LogP contribution in [0.3, 0.4) is 0 Å². The van der Waals surface area contributed by atoms with Crippen LogP contribution in [0.4, 0.5) is 0 Å². The molecule has 0 saturated heterocycles. The van der Waals surface area contributed by atoms with Crippen molar-refractivity contribution in [3.8, 4) is 0 Å². The van der Waals surface area contributed by atoms with Gasteiger partial charge in [0.05, 0.1) is 24.0 Å². The highest BCUT2D eigenvalue weighted by molar-refractivity contribution is 6.17. The van der Waals surface area contributed by atoms with Gasteiger partial charge in [0.1, 0.15) is 11.5 Å². The van der Waals surface area contributed by atoms with E-state index in [2.05, 4.69) is 83.5 Å². The van der Waals surface area contributed by atoms with Gasteiger partial charge in [-0.15, -0.1) is 11.6 Å². The van der Waals surface area contributed by atoms with Gasteiger partial charge in [-0.1, -0.05) is 57.2 Å². The van der Waals surface area contributed by atoms with E-state index in [4.69, 9.17) is 16.6 Å². The molecule has 0 spiro atoms. The number of amidine groups is 1. The van der Waals surface area contributed by atoms with E-state index in [1.165, 1.54) is 24.0 Å². The van der Waals surface area contributed by atoms with E-state index in [-0.39, 0.29) is 6.00 Å². The van der Waals surface area contributed by atoms with Gasteiger partial charge in [-0.2, -0.15) is 0 Å². The largest absolute Gasteiger partial charge is 0.370 e. The van der Waals surface area contributed by atoms with Gasteiger partial charge < -0.3 is 15.5 Å². The fourth-order valence-corrected chi connectivity index (χ4v) is 4.06. The number of unbranched alkanes of at least 4 members (excludes halogenated alkanes) is 3. The predicted molar refractivity (Wildman–Crippen MR) is 148 cm³/mol. The number of rotatable bonds is 17. The summed E-state index contributed by atoms with van der Waals surface area (Å²) in [6.45, 7) is 18.6. The molecule has 0 aliphatic carbocycles. The lowest BCUT2D eigenvalue weighted by molar-refractivity contribution is 0.330. The van der Waals surface area contributed by atoms with E-state index in [1.807, 2.05) is 0 Å². The Morgan fingerprint density at radius 2 is 1.94 bits per heavy atom. The monoisotopic (exact) mass is 482 g/mol. The molecular weight excluding hydrogens is 444 g/mol. The van der Waals surface area contributed by atoms with Crippen LogP contribution in [0.15, 0.2) is 75.8 Å². The van der Waals surface area contributed by atoms with Crippen LogP contribution in [0.2, 0.25) is 0 Å². The SMILES string of the molecule is C=CN/C(N=C)=C(/NCCl)C(=C)N(CCCCC)CCCCC1=NCC(c2ccccc2C)=N1. The first-order chi connectivity index (χ1) is 16.5. The van der Waals surface area contributed by atoms with Gasteiger partial charge >= 0.3 is 0 Å². The molecule has 0 radical (unpaired) electrons. The van der Waals surface area contributed by atoms with Gasteiger partial charge in [-0.05, 0) is 44.7 Å². The van der Waals surface area contributed by atoms with Gasteiger partial charge in [0.2, 0.25) is 0 Å². The third kappa shape index (κ3) is 8.17. The number of halogens is 1. The molecule has 0 amide bonds. The fourth-order valence-electron chi connectivity index (χ4n) is 3.93. The highest BCUT2D eigenvalue weighted by atomic mass is 35.5. The summed E-state index contributed by atoms with van der Waals surface area (Å²) in [6, 6.07) is 8.61. The Balaban J connectivity index is 1.99. The molecule has 1 aromatic carbocycles. The summed E-state index contributed by atoms with van der Waals surface area (Å²) in [7, 11) is 0. The van der Waals surface area contributed by atoms with Gasteiger partial charge in [0, 0.05) is 25.1 Å². The van der Waals surface area contributed by atoms with Crippen LogP contribution >= 0.6 is 11.6 Å². The van der Waals surface area contributed by atoms with Crippen LogP contribution in [0.5, 0.6) is 0 Å². The first kappa shape index (κ1) is 27.4. The number of benzene rings is 1. The summed E-state index contributed by atoms with van der Waals surface area (Å²) in [5.41, 5.74) is 5.11. The Labute approximate surface area is 210 Å². The van der Waals surface area contributed by atoms with Crippen molar-refractivity contribution in [1.29, 1.82) is 0 Å². The van der Waals surface area contributed by atoms with Crippen LogP contribution in [0.1, 0.15) is 56.6 Å². The molecule has 0 aromatic heterocycles. The zero-order chi connectivity index (χ0) is 24.8. The van der Waals surface area contributed by atoms with Gasteiger partial charge in [0.15, 0.2) is 5.82 Å². The summed E-state index contributed by atoms with van der Waals surface area (Å²) in [6.07, 6.45) is 7.93. The summed E-state index contributed by atoms with van der Waals surface area (Å²) in [4.78, 5) is 15.9. The van der Waals surface area contributed by atoms with Crippen molar-refractivity contribution in [3.05, 3.63) is 72.0 Å². The Kier molecular flexibility index (Phi) is 12.2. The number of hydrogen-bond donors (Lipinski definition) is 2. The number of aliphatic imine (C=N–C) groups is 3. The molecule has 0 saturated carbocycles. The summed E-state index contributed by atoms with van der Waals surface area (Å²) in [5, 5.41) is 6.19. The number of hydrogen-bond acceptors (Lipinski definition) is 6. The second-order valence-corrected chi connectivity index (χ2v) is 8.51. The minimum atomic E-state index is 0.246. The lowest BCUT2D eigenvalue weighted by Crippen LogP contribution is -2.31. The van der Waals surface area contributed by atoms with E-state index >= 15 is 0 Å². The van der Waals surface area contributed by atoms with Crippen molar-refractivity contribution in [2.45, 2.75) is 52.4 Å². The molecule has 0 unspecified atom stereocenters. The summed E-state index contributed by atoms with van der Waals surface area (Å²) >= 11 is 5.99. The summed E-state index contributed by atoms with van der Waals surface area (Å²) < 4.78 is 0. The number of nitrogens with one attached hydrogen (secondary N) is 2. The standard InChI is InChI=1S/C27H39ClN6/c1-6-8-12-17-34(22(4)26(32-20-28)27(29-5)30-7-2)18-13-11-16-25-31-19-24(33-25)23-15-10-9-14-21(23)3/h7,9-10,14-15,30,32H,2,4-6,8,11-13,16-20H2,1,3H3/b27-26+. The lowest BCUT2D eigenvalue weighted by Gasteiger charge is -2.29. The molecule has 2 N–H and O–H groups in total. The van der Waals surface area contributed by atoms with Gasteiger partial charge in [0.25, 0.3) is 0 Å². The molecule has 184 valence electrons. The summed E-state index contributed by atoms with van der Waals surface area (Å²) in [5.74, 6) is 1.52.